The fraction of sp³-hybridized carbons (Fsp3) is 0.500. The lowest BCUT2D eigenvalue weighted by atomic mass is 10.2. The van der Waals surface area contributed by atoms with E-state index in [4.69, 9.17) is 10.5 Å². The van der Waals surface area contributed by atoms with Gasteiger partial charge in [0, 0.05) is 6.42 Å². The lowest BCUT2D eigenvalue weighted by Crippen LogP contribution is -2.31. The highest BCUT2D eigenvalue weighted by atomic mass is 31.2. The van der Waals surface area contributed by atoms with Crippen LogP contribution in [0, 0.1) is 0 Å². The highest BCUT2D eigenvalue weighted by Gasteiger charge is 2.38. The van der Waals surface area contributed by atoms with Crippen LogP contribution >= 0.6 is 7.82 Å². The maximum atomic E-state index is 10.8. The summed E-state index contributed by atoms with van der Waals surface area (Å²) < 4.78 is 22.2. The first kappa shape index (κ1) is 15.3. The number of aliphatic hydroxyl groups is 1. The molecular weight excluding hydrogens is 317 g/mol. The number of imidazole rings is 1. The summed E-state index contributed by atoms with van der Waals surface area (Å²) in [5.41, 5.74) is 6.44. The van der Waals surface area contributed by atoms with Crippen LogP contribution in [-0.4, -0.2) is 43.4 Å². The summed E-state index contributed by atoms with van der Waals surface area (Å²) in [5.74, 6) is 0.192. The van der Waals surface area contributed by atoms with E-state index in [1.807, 2.05) is 0 Å². The molecule has 0 radical (unpaired) electrons. The molecule has 3 rings (SSSR count). The molecule has 1 aliphatic rings. The molecule has 11 nitrogen and oxygen atoms in total. The molecule has 3 heterocycles. The molecule has 120 valence electrons. The number of aromatic nitrogens is 4. The second-order valence-corrected chi connectivity index (χ2v) is 5.83. The monoisotopic (exact) mass is 329 g/mol. The SMILES string of the molecule is Nc1ncnc2c1ncn2[C@H]1CC(OP(=O)([O-])[O-])[C@@H](CO)O1. The van der Waals surface area contributed by atoms with Crippen molar-refractivity contribution in [3.8, 4) is 0 Å². The Bertz CT molecular complexity index is 732. The van der Waals surface area contributed by atoms with Crippen molar-refractivity contribution < 1.29 is 28.7 Å². The molecule has 3 N–H and O–H groups in total. The van der Waals surface area contributed by atoms with Gasteiger partial charge in [-0.1, -0.05) is 0 Å². The Balaban J connectivity index is 1.89. The summed E-state index contributed by atoms with van der Waals surface area (Å²) in [7, 11) is -5.19. The van der Waals surface area contributed by atoms with Crippen molar-refractivity contribution in [3.63, 3.8) is 0 Å². The Morgan fingerprint density at radius 3 is 2.95 bits per heavy atom. The van der Waals surface area contributed by atoms with Gasteiger partial charge in [-0.3, -0.25) is 4.57 Å². The Labute approximate surface area is 124 Å². The summed E-state index contributed by atoms with van der Waals surface area (Å²) in [5, 5.41) is 9.24. The standard InChI is InChI=1S/C10H14N5O6P/c11-9-8-10(13-3-12-9)15(4-14-8)7-1-5(6(2-16)20-7)21-22(17,18)19/h3-7,16H,1-2H2,(H2,11,12,13)(H2,17,18,19)/p-2/t5?,6-,7-/m1/s1. The zero-order chi connectivity index (χ0) is 15.9. The van der Waals surface area contributed by atoms with Crippen LogP contribution in [0.3, 0.4) is 0 Å². The summed E-state index contributed by atoms with van der Waals surface area (Å²) in [4.78, 5) is 33.4. The van der Waals surface area contributed by atoms with E-state index in [0.717, 1.165) is 0 Å². The first-order chi connectivity index (χ1) is 10.4. The predicted octanol–water partition coefficient (Wildman–Crippen LogP) is -2.10. The van der Waals surface area contributed by atoms with Crippen molar-refractivity contribution in [2.24, 2.45) is 0 Å². The number of ether oxygens (including phenoxy) is 1. The van der Waals surface area contributed by atoms with Gasteiger partial charge in [-0.25, -0.2) is 15.0 Å². The predicted molar refractivity (Wildman–Crippen MR) is 67.8 cm³/mol. The van der Waals surface area contributed by atoms with Crippen LogP contribution in [0.2, 0.25) is 0 Å². The number of hydrogen-bond acceptors (Lipinski definition) is 10. The average molecular weight is 329 g/mol. The zero-order valence-electron chi connectivity index (χ0n) is 11.1. The topological polar surface area (TPSA) is 172 Å². The summed E-state index contributed by atoms with van der Waals surface area (Å²) in [6.07, 6.45) is -0.0233. The second-order valence-electron chi connectivity index (χ2n) is 4.72. The van der Waals surface area contributed by atoms with E-state index in [2.05, 4.69) is 19.5 Å². The Morgan fingerprint density at radius 2 is 2.27 bits per heavy atom. The van der Waals surface area contributed by atoms with Gasteiger partial charge in [-0.05, 0) is 0 Å². The van der Waals surface area contributed by atoms with E-state index in [9.17, 15) is 19.5 Å². The second kappa shape index (κ2) is 5.54. The minimum absolute atomic E-state index is 0.0368. The molecule has 3 atom stereocenters. The molecule has 22 heavy (non-hydrogen) atoms. The Morgan fingerprint density at radius 1 is 1.50 bits per heavy atom. The molecule has 0 aromatic carbocycles. The van der Waals surface area contributed by atoms with Crippen molar-refractivity contribution in [2.45, 2.75) is 24.9 Å². The maximum absolute atomic E-state index is 10.8. The van der Waals surface area contributed by atoms with Gasteiger partial charge < -0.3 is 34.5 Å². The molecular formula is C10H12N5O6P-2. The summed E-state index contributed by atoms with van der Waals surface area (Å²) >= 11 is 0. The molecule has 0 amide bonds. The number of aliphatic hydroxyl groups excluding tert-OH is 1. The van der Waals surface area contributed by atoms with Crippen molar-refractivity contribution in [3.05, 3.63) is 12.7 Å². The smallest absolute Gasteiger partial charge is 0.167 e. The van der Waals surface area contributed by atoms with Crippen LogP contribution in [0.25, 0.3) is 11.2 Å². The average Bonchev–Trinajstić information content (AvgIpc) is 3.01. The number of fused-ring (bicyclic) bond motifs is 1. The van der Waals surface area contributed by atoms with E-state index in [1.165, 1.54) is 17.2 Å². The molecule has 0 saturated carbocycles. The van der Waals surface area contributed by atoms with E-state index in [0.29, 0.717) is 11.2 Å². The summed E-state index contributed by atoms with van der Waals surface area (Å²) in [6.45, 7) is -0.495. The number of hydrogen-bond donors (Lipinski definition) is 2. The van der Waals surface area contributed by atoms with Gasteiger partial charge in [-0.2, -0.15) is 0 Å². The molecule has 1 fully saturated rings. The fourth-order valence-corrected chi connectivity index (χ4v) is 2.95. The number of phosphoric ester groups is 1. The maximum Gasteiger partial charge on any atom is 0.167 e. The zero-order valence-corrected chi connectivity index (χ0v) is 12.0. The number of nitrogen functional groups attached to an aromatic ring is 1. The Kier molecular flexibility index (Phi) is 3.85. The molecule has 1 aliphatic heterocycles. The van der Waals surface area contributed by atoms with Crippen LogP contribution in [0.1, 0.15) is 12.6 Å². The lowest BCUT2D eigenvalue weighted by Gasteiger charge is -2.32. The highest BCUT2D eigenvalue weighted by Crippen LogP contribution is 2.39. The minimum atomic E-state index is -5.19. The van der Waals surface area contributed by atoms with E-state index < -0.39 is 32.9 Å². The molecule has 2 aromatic heterocycles. The molecule has 1 saturated heterocycles. The van der Waals surface area contributed by atoms with Gasteiger partial charge in [0.25, 0.3) is 0 Å². The fourth-order valence-electron chi connectivity index (χ4n) is 2.39. The molecule has 12 heteroatoms. The van der Waals surface area contributed by atoms with Crippen molar-refractivity contribution >= 4 is 24.8 Å². The quantitative estimate of drug-likeness (QED) is 0.592. The largest absolute Gasteiger partial charge is 0.790 e. The van der Waals surface area contributed by atoms with Gasteiger partial charge in [0.2, 0.25) is 0 Å². The van der Waals surface area contributed by atoms with Crippen molar-refractivity contribution in [1.29, 1.82) is 0 Å². The van der Waals surface area contributed by atoms with E-state index in [1.54, 1.807) is 0 Å². The van der Waals surface area contributed by atoms with Crippen LogP contribution in [0.15, 0.2) is 12.7 Å². The number of anilines is 1. The van der Waals surface area contributed by atoms with Gasteiger partial charge >= 0.3 is 0 Å². The van der Waals surface area contributed by atoms with E-state index in [-0.39, 0.29) is 12.2 Å². The molecule has 0 bridgehead atoms. The first-order valence-corrected chi connectivity index (χ1v) is 7.75. The van der Waals surface area contributed by atoms with Crippen LogP contribution < -0.4 is 15.5 Å². The van der Waals surface area contributed by atoms with Gasteiger partial charge in [0.1, 0.15) is 24.2 Å². The minimum Gasteiger partial charge on any atom is -0.790 e. The van der Waals surface area contributed by atoms with Crippen molar-refractivity contribution in [2.75, 3.05) is 12.3 Å². The van der Waals surface area contributed by atoms with Crippen LogP contribution in [0.4, 0.5) is 5.82 Å². The van der Waals surface area contributed by atoms with Gasteiger partial charge in [-0.15, -0.1) is 0 Å². The number of rotatable bonds is 4. The third-order valence-electron chi connectivity index (χ3n) is 3.32. The molecule has 0 aliphatic carbocycles. The number of nitrogens with zero attached hydrogens (tertiary/aromatic N) is 4. The number of phosphoric acid groups is 1. The third kappa shape index (κ3) is 2.82. The van der Waals surface area contributed by atoms with Crippen LogP contribution in [0.5, 0.6) is 0 Å². The van der Waals surface area contributed by atoms with Crippen LogP contribution in [-0.2, 0) is 13.8 Å². The summed E-state index contributed by atoms with van der Waals surface area (Å²) in [6, 6.07) is 0. The molecule has 0 spiro atoms. The third-order valence-corrected chi connectivity index (χ3v) is 3.85. The van der Waals surface area contributed by atoms with Gasteiger partial charge in [0.05, 0.1) is 26.9 Å². The molecule has 1 unspecified atom stereocenters. The van der Waals surface area contributed by atoms with E-state index >= 15 is 0 Å². The highest BCUT2D eigenvalue weighted by molar-refractivity contribution is 7.43. The molecule has 2 aromatic rings. The first-order valence-electron chi connectivity index (χ1n) is 6.29. The Hall–Kier alpha value is -1.62. The lowest BCUT2D eigenvalue weighted by molar-refractivity contribution is -0.345. The normalized spacial score (nSPS) is 25.9. The van der Waals surface area contributed by atoms with Gasteiger partial charge in [0.15, 0.2) is 11.5 Å². The number of nitrogens with two attached hydrogens (primary N) is 1. The van der Waals surface area contributed by atoms with Crippen molar-refractivity contribution in [1.82, 2.24) is 19.5 Å².